The van der Waals surface area contributed by atoms with E-state index in [9.17, 15) is 34.8 Å². The summed E-state index contributed by atoms with van der Waals surface area (Å²) in [4.78, 5) is 42.9. The van der Waals surface area contributed by atoms with Crippen molar-refractivity contribution in [1.29, 1.82) is 0 Å². The van der Waals surface area contributed by atoms with E-state index >= 15 is 0 Å². The highest BCUT2D eigenvalue weighted by Crippen LogP contribution is 2.38. The molecule has 0 radical (unpaired) electrons. The Morgan fingerprint density at radius 2 is 1.60 bits per heavy atom. The van der Waals surface area contributed by atoms with Gasteiger partial charge in [0.05, 0.1) is 30.8 Å². The molecule has 1 aliphatic carbocycles. The Morgan fingerprint density at radius 1 is 0.873 bits per heavy atom. The lowest BCUT2D eigenvalue weighted by atomic mass is 9.80. The molecule has 3 fully saturated rings. The maximum Gasteiger partial charge on any atom is 0.329 e. The number of carbonyl (C=O) groups excluding carboxylic acids is 3. The van der Waals surface area contributed by atoms with Crippen LogP contribution in [0.4, 0.5) is 0 Å². The summed E-state index contributed by atoms with van der Waals surface area (Å²) in [6.07, 6.45) is 16.9. The zero-order chi connectivity index (χ0) is 40.3. The summed E-state index contributed by atoms with van der Waals surface area (Å²) in [5.41, 5.74) is 1.40. The van der Waals surface area contributed by atoms with Gasteiger partial charge in [0.2, 0.25) is 5.91 Å². The number of hydrogen-bond acceptors (Lipinski definition) is 9. The van der Waals surface area contributed by atoms with Crippen LogP contribution in [-0.2, 0) is 23.9 Å². The maximum atomic E-state index is 14.1. The Bertz CT molecular complexity index is 1400. The number of amides is 1. The van der Waals surface area contributed by atoms with Crippen LogP contribution in [0.2, 0.25) is 0 Å². The third-order valence-corrected chi connectivity index (χ3v) is 12.9. The zero-order valence-corrected chi connectivity index (χ0v) is 34.4. The van der Waals surface area contributed by atoms with Crippen LogP contribution in [-0.4, -0.2) is 91.9 Å². The molecule has 55 heavy (non-hydrogen) atoms. The molecular formula is C45H71NO9. The molecule has 10 heteroatoms. The molecule has 3 aliphatic heterocycles. The number of esters is 1. The normalized spacial score (nSPS) is 41.0. The summed E-state index contributed by atoms with van der Waals surface area (Å²) in [5, 5.41) is 44.0. The van der Waals surface area contributed by atoms with Gasteiger partial charge in [-0.15, -0.1) is 0 Å². The van der Waals surface area contributed by atoms with E-state index in [1.54, 1.807) is 4.90 Å². The average Bonchev–Trinajstić information content (AvgIpc) is 3.14. The van der Waals surface area contributed by atoms with Crippen LogP contribution >= 0.6 is 0 Å². The van der Waals surface area contributed by atoms with Crippen LogP contribution in [0.1, 0.15) is 138 Å². The van der Waals surface area contributed by atoms with Crippen molar-refractivity contribution in [3.63, 3.8) is 0 Å². The second kappa shape index (κ2) is 21.2. The predicted octanol–water partition coefficient (Wildman–Crippen LogP) is 6.89. The van der Waals surface area contributed by atoms with Crippen molar-refractivity contribution >= 4 is 17.7 Å². The van der Waals surface area contributed by atoms with Crippen molar-refractivity contribution in [2.24, 2.45) is 29.6 Å². The SMILES string of the molecule is C/C1=C\C[C@@H]([C@H](C)C[C@H]2CC[C@H](O)CC2)OC(=O)[C@@H]2CCCCN2C(=O)C[C@]2(O)O[C@@H](CC[C@H]2C)C[C@H](O)/C(C)=C/C=C/C=C/[C@@H](C)C[C@@H](C)C(=O)C[C@@H]1O. The van der Waals surface area contributed by atoms with Crippen LogP contribution in [0.25, 0.3) is 0 Å². The molecule has 3 heterocycles. The van der Waals surface area contributed by atoms with Crippen molar-refractivity contribution in [2.45, 2.75) is 180 Å². The van der Waals surface area contributed by atoms with Crippen LogP contribution in [0.15, 0.2) is 47.6 Å². The number of ketones is 1. The van der Waals surface area contributed by atoms with Crippen LogP contribution in [0, 0.1) is 29.6 Å². The first-order valence-electron chi connectivity index (χ1n) is 21.2. The lowest BCUT2D eigenvalue weighted by molar-refractivity contribution is -0.283. The van der Waals surface area contributed by atoms with Crippen molar-refractivity contribution in [3.8, 4) is 0 Å². The summed E-state index contributed by atoms with van der Waals surface area (Å²) >= 11 is 0. The third kappa shape index (κ3) is 13.5. The van der Waals surface area contributed by atoms with Crippen LogP contribution in [0.5, 0.6) is 0 Å². The number of allylic oxidation sites excluding steroid dienone is 5. The molecule has 10 nitrogen and oxygen atoms in total. The van der Waals surface area contributed by atoms with Gasteiger partial charge < -0.3 is 34.8 Å². The fourth-order valence-corrected chi connectivity index (χ4v) is 8.81. The molecule has 10 atom stereocenters. The van der Waals surface area contributed by atoms with E-state index in [1.165, 1.54) is 0 Å². The minimum atomic E-state index is -1.74. The van der Waals surface area contributed by atoms with E-state index < -0.39 is 42.2 Å². The number of nitrogens with zero attached hydrogens (tertiary/aromatic N) is 1. The number of aliphatic hydroxyl groups is 4. The van der Waals surface area contributed by atoms with E-state index in [4.69, 9.17) is 9.47 Å². The molecule has 1 amide bonds. The quantitative estimate of drug-likeness (QED) is 0.178. The van der Waals surface area contributed by atoms with E-state index in [2.05, 4.69) is 13.8 Å². The molecule has 0 unspecified atom stereocenters. The summed E-state index contributed by atoms with van der Waals surface area (Å²) in [5.74, 6) is -2.62. The Labute approximate surface area is 330 Å². The second-order valence-electron chi connectivity index (χ2n) is 17.6. The monoisotopic (exact) mass is 770 g/mol. The lowest BCUT2D eigenvalue weighted by Gasteiger charge is -2.44. The minimum Gasteiger partial charge on any atom is -0.460 e. The number of aliphatic hydroxyl groups excluding tert-OH is 3. The molecular weight excluding hydrogens is 698 g/mol. The number of hydrogen-bond donors (Lipinski definition) is 4. The van der Waals surface area contributed by atoms with Gasteiger partial charge in [0.15, 0.2) is 5.79 Å². The largest absolute Gasteiger partial charge is 0.460 e. The first-order chi connectivity index (χ1) is 26.1. The molecule has 2 bridgehead atoms. The molecule has 0 aromatic carbocycles. The van der Waals surface area contributed by atoms with Gasteiger partial charge in [0.1, 0.15) is 17.9 Å². The zero-order valence-electron chi connectivity index (χ0n) is 34.4. The summed E-state index contributed by atoms with van der Waals surface area (Å²) in [7, 11) is 0. The topological polar surface area (TPSA) is 154 Å². The standard InChI is InChI=1S/C45H71NO9/c1-29-12-8-7-9-13-30(2)39(48)26-37-21-16-34(6)45(53,55-37)28-43(51)46-23-11-10-14-38(46)44(52)54-42(33(5)25-35-17-19-36(47)20-18-35)22-15-31(3)40(49)27-41(50)32(4)24-29/h7-9,12-13,15,29,32-40,42,47-49,53H,10-11,14,16-28H2,1-6H3/b9-7+,12-8+,30-13+,31-15+/t29-,32-,33-,34-,35-,36-,37+,38+,39+,40+,42+,45+/m1/s1. The lowest BCUT2D eigenvalue weighted by Crippen LogP contribution is -2.54. The van der Waals surface area contributed by atoms with Gasteiger partial charge in [-0.25, -0.2) is 4.79 Å². The Balaban J connectivity index is 1.60. The van der Waals surface area contributed by atoms with E-state index in [0.29, 0.717) is 50.1 Å². The maximum absolute atomic E-state index is 14.1. The van der Waals surface area contributed by atoms with Gasteiger partial charge >= 0.3 is 5.97 Å². The molecule has 4 N–H and O–H groups in total. The van der Waals surface area contributed by atoms with Crippen LogP contribution in [0.3, 0.4) is 0 Å². The molecule has 0 aromatic rings. The van der Waals surface area contributed by atoms with E-state index in [-0.39, 0.29) is 60.7 Å². The minimum absolute atomic E-state index is 0.00528. The second-order valence-corrected chi connectivity index (χ2v) is 17.6. The predicted molar refractivity (Wildman–Crippen MR) is 213 cm³/mol. The van der Waals surface area contributed by atoms with Crippen molar-refractivity contribution in [2.75, 3.05) is 6.54 Å². The van der Waals surface area contributed by atoms with Gasteiger partial charge in [-0.3, -0.25) is 9.59 Å². The molecule has 0 spiro atoms. The molecule has 1 saturated carbocycles. The fraction of sp³-hybridized carbons (Fsp3) is 0.756. The number of rotatable bonds is 3. The Hall–Kier alpha value is -2.63. The van der Waals surface area contributed by atoms with Crippen molar-refractivity contribution < 1.29 is 44.3 Å². The van der Waals surface area contributed by atoms with E-state index in [0.717, 1.165) is 50.5 Å². The summed E-state index contributed by atoms with van der Waals surface area (Å²) in [6.45, 7) is 11.9. The van der Waals surface area contributed by atoms with Crippen molar-refractivity contribution in [1.82, 2.24) is 4.90 Å². The highest BCUT2D eigenvalue weighted by molar-refractivity contribution is 5.85. The average molecular weight is 770 g/mol. The fourth-order valence-electron chi connectivity index (χ4n) is 8.81. The van der Waals surface area contributed by atoms with Gasteiger partial charge in [0.25, 0.3) is 0 Å². The van der Waals surface area contributed by atoms with E-state index in [1.807, 2.05) is 64.2 Å². The Morgan fingerprint density at radius 3 is 2.33 bits per heavy atom. The molecule has 2 saturated heterocycles. The highest BCUT2D eigenvalue weighted by atomic mass is 16.6. The molecule has 310 valence electrons. The smallest absolute Gasteiger partial charge is 0.329 e. The number of piperidine rings is 1. The Kier molecular flexibility index (Phi) is 17.4. The van der Waals surface area contributed by atoms with Gasteiger partial charge in [-0.1, -0.05) is 64.2 Å². The first kappa shape index (κ1) is 45.1. The number of Topliss-reactive ketones (excluding diaryl/α,β-unsaturated/α-hetero) is 1. The van der Waals surface area contributed by atoms with Gasteiger partial charge in [-0.05, 0) is 113 Å². The number of carbonyl (C=O) groups is 3. The van der Waals surface area contributed by atoms with Gasteiger partial charge in [0, 0.05) is 37.6 Å². The summed E-state index contributed by atoms with van der Waals surface area (Å²) in [6, 6.07) is -0.795. The number of fused-ring (bicyclic) bond motifs is 3. The molecule has 4 aliphatic rings. The summed E-state index contributed by atoms with van der Waals surface area (Å²) < 4.78 is 12.6. The first-order valence-corrected chi connectivity index (χ1v) is 21.2. The number of cyclic esters (lactones) is 1. The third-order valence-electron chi connectivity index (χ3n) is 12.9. The van der Waals surface area contributed by atoms with Crippen molar-refractivity contribution in [3.05, 3.63) is 47.6 Å². The number of ether oxygens (including phenoxy) is 2. The van der Waals surface area contributed by atoms with Crippen LogP contribution < -0.4 is 0 Å². The highest BCUT2D eigenvalue weighted by Gasteiger charge is 2.46. The molecule has 0 aromatic heterocycles. The van der Waals surface area contributed by atoms with Gasteiger partial charge in [-0.2, -0.15) is 0 Å². The molecule has 4 rings (SSSR count).